The third-order valence-corrected chi connectivity index (χ3v) is 14.6. The summed E-state index contributed by atoms with van der Waals surface area (Å²) in [5, 5.41) is -4.82. The molecule has 3 rings (SSSR count). The van der Waals surface area contributed by atoms with Crippen LogP contribution in [-0.2, 0) is 33.0 Å². The van der Waals surface area contributed by atoms with E-state index in [0.717, 1.165) is 30.4 Å². The number of hydrogen-bond acceptors (Lipinski definition) is 5. The molecule has 41 heavy (non-hydrogen) atoms. The van der Waals surface area contributed by atoms with Gasteiger partial charge >= 0.3 is 252 Å². The number of carbonyl (C=O) groups excluding carboxylic acids is 1. The zero-order chi connectivity index (χ0) is 30.6. The van der Waals surface area contributed by atoms with E-state index in [0.29, 0.717) is 20.0 Å². The van der Waals surface area contributed by atoms with E-state index in [-0.39, 0.29) is 16.7 Å². The van der Waals surface area contributed by atoms with Gasteiger partial charge in [-0.1, -0.05) is 0 Å². The van der Waals surface area contributed by atoms with Crippen molar-refractivity contribution in [1.29, 1.82) is 0 Å². The van der Waals surface area contributed by atoms with Gasteiger partial charge in [0.2, 0.25) is 0 Å². The molecule has 2 aromatic carbocycles. The maximum absolute atomic E-state index is 15.1. The first-order valence-corrected chi connectivity index (χ1v) is 18.4. The zero-order valence-electron chi connectivity index (χ0n) is 24.7. The van der Waals surface area contributed by atoms with Crippen LogP contribution in [0.4, 0.5) is 13.2 Å². The van der Waals surface area contributed by atoms with Gasteiger partial charge in [-0.15, -0.1) is 0 Å². The van der Waals surface area contributed by atoms with Crippen LogP contribution in [0.25, 0.3) is 0 Å². The monoisotopic (exact) mass is 710 g/mol. The van der Waals surface area contributed by atoms with Crippen LogP contribution < -0.4 is 0 Å². The summed E-state index contributed by atoms with van der Waals surface area (Å²) in [4.78, 5) is 12.2. The molecule has 0 spiro atoms. The predicted molar refractivity (Wildman–Crippen MR) is 164 cm³/mol. The number of alkyl halides is 3. The predicted octanol–water partition coefficient (Wildman–Crippen LogP) is 8.53. The summed E-state index contributed by atoms with van der Waals surface area (Å²) in [6.45, 7) is 11.5. The van der Waals surface area contributed by atoms with E-state index in [1.165, 1.54) is 0 Å². The van der Waals surface area contributed by atoms with E-state index in [4.69, 9.17) is 7.25 Å². The van der Waals surface area contributed by atoms with Crippen molar-refractivity contribution in [1.82, 2.24) is 0 Å². The molecule has 0 heterocycles. The van der Waals surface area contributed by atoms with Gasteiger partial charge in [0.1, 0.15) is 0 Å². The van der Waals surface area contributed by atoms with Crippen molar-refractivity contribution in [2.45, 2.75) is 102 Å². The van der Waals surface area contributed by atoms with Crippen LogP contribution in [0.1, 0.15) is 91.2 Å². The molecule has 1 atom stereocenters. The fourth-order valence-corrected chi connectivity index (χ4v) is 11.5. The van der Waals surface area contributed by atoms with Crippen LogP contribution in [-0.4, -0.2) is 32.4 Å². The minimum atomic E-state index is -5.68. The van der Waals surface area contributed by atoms with Crippen LogP contribution in [0.3, 0.4) is 0 Å². The SMILES string of the molecule is CC(C)(C)c1ccc(I(OS(=O)(=O)C(F)(F)C(F)CCOC(=O)C2CCCCC2)c2ccc(C(C)(C)C)cc2)cc1. The van der Waals surface area contributed by atoms with Gasteiger partial charge in [-0.05, 0) is 0 Å². The molecule has 230 valence electrons. The first-order valence-electron chi connectivity index (χ1n) is 14.0. The molecular weight excluding hydrogens is 668 g/mol. The average Bonchev–Trinajstić information content (AvgIpc) is 2.91. The van der Waals surface area contributed by atoms with Gasteiger partial charge in [0.15, 0.2) is 0 Å². The average molecular weight is 711 g/mol. The third kappa shape index (κ3) is 8.69. The van der Waals surface area contributed by atoms with Gasteiger partial charge < -0.3 is 0 Å². The first kappa shape index (κ1) is 33.8. The van der Waals surface area contributed by atoms with Crippen LogP contribution in [0.15, 0.2) is 48.5 Å². The number of benzene rings is 2. The second-order valence-corrected chi connectivity index (χ2v) is 19.2. The van der Waals surface area contributed by atoms with Crippen molar-refractivity contribution in [3.63, 3.8) is 0 Å². The first-order chi connectivity index (χ1) is 18.9. The Morgan fingerprint density at radius 2 is 1.29 bits per heavy atom. The van der Waals surface area contributed by atoms with E-state index in [1.807, 2.05) is 65.8 Å². The Hall–Kier alpha value is -1.66. The molecule has 0 saturated heterocycles. The molecule has 0 aliphatic heterocycles. The van der Waals surface area contributed by atoms with E-state index in [9.17, 15) is 17.6 Å². The van der Waals surface area contributed by atoms with Crippen LogP contribution >= 0.6 is 20.2 Å². The van der Waals surface area contributed by atoms with Crippen molar-refractivity contribution in [3.05, 3.63) is 66.8 Å². The molecule has 0 N–H and O–H groups in total. The molecule has 0 amide bonds. The van der Waals surface area contributed by atoms with Crippen molar-refractivity contribution in [2.75, 3.05) is 6.61 Å². The van der Waals surface area contributed by atoms with Crippen molar-refractivity contribution < 1.29 is 33.6 Å². The Kier molecular flexibility index (Phi) is 11.0. The molecule has 1 saturated carbocycles. The Morgan fingerprint density at radius 3 is 1.71 bits per heavy atom. The Morgan fingerprint density at radius 1 is 0.854 bits per heavy atom. The molecule has 10 heteroatoms. The number of esters is 1. The quantitative estimate of drug-likeness (QED) is 0.183. The van der Waals surface area contributed by atoms with Gasteiger partial charge in [-0.3, -0.25) is 0 Å². The summed E-state index contributed by atoms with van der Waals surface area (Å²) in [5.41, 5.74) is 1.63. The molecule has 1 fully saturated rings. The van der Waals surface area contributed by atoms with E-state index in [1.54, 1.807) is 24.3 Å². The van der Waals surface area contributed by atoms with E-state index >= 15 is 8.78 Å². The van der Waals surface area contributed by atoms with Crippen LogP contribution in [0.5, 0.6) is 0 Å². The van der Waals surface area contributed by atoms with Gasteiger partial charge in [0.25, 0.3) is 0 Å². The maximum atomic E-state index is 15.1. The molecule has 0 bridgehead atoms. The van der Waals surface area contributed by atoms with Gasteiger partial charge in [0, 0.05) is 0 Å². The number of rotatable bonds is 10. The molecule has 1 unspecified atom stereocenters. The molecule has 1 aliphatic carbocycles. The topological polar surface area (TPSA) is 69.7 Å². The molecule has 2 aromatic rings. The van der Waals surface area contributed by atoms with Gasteiger partial charge in [-0.2, -0.15) is 0 Å². The molecule has 5 nitrogen and oxygen atoms in total. The molecule has 1 aliphatic rings. The fraction of sp³-hybridized carbons (Fsp3) is 0.581. The second kappa shape index (κ2) is 13.3. The fourth-order valence-electron chi connectivity index (χ4n) is 4.50. The van der Waals surface area contributed by atoms with Crippen LogP contribution in [0.2, 0.25) is 0 Å². The molecular formula is C31H42F3IO5S. The summed E-state index contributed by atoms with van der Waals surface area (Å²) >= 11 is -3.48. The Labute approximate surface area is 250 Å². The number of carbonyl (C=O) groups is 1. The second-order valence-electron chi connectivity index (χ2n) is 12.6. The normalized spacial score (nSPS) is 16.8. The zero-order valence-corrected chi connectivity index (χ0v) is 27.7. The summed E-state index contributed by atoms with van der Waals surface area (Å²) in [6.07, 6.45) is 0.0173. The molecule has 0 radical (unpaired) electrons. The third-order valence-electron chi connectivity index (χ3n) is 7.21. The van der Waals surface area contributed by atoms with Crippen molar-refractivity contribution in [3.8, 4) is 0 Å². The summed E-state index contributed by atoms with van der Waals surface area (Å²) < 4.78 is 82.2. The van der Waals surface area contributed by atoms with E-state index < -0.39 is 60.8 Å². The number of halogens is 4. The standard InChI is InChI=1S/C31H42F3IO5S/c1-29(2,3)23-12-16-25(17-13-23)35(26-18-14-24(15-19-26)30(4,5)6)40-41(37,38)31(33,34)27(32)20-21-39-28(36)22-10-8-7-9-11-22/h12-19,22,27H,7-11,20-21H2,1-6H3. The van der Waals surface area contributed by atoms with Crippen LogP contribution in [0, 0.1) is 13.1 Å². The van der Waals surface area contributed by atoms with Crippen molar-refractivity contribution in [2.24, 2.45) is 5.92 Å². The number of ether oxygens (including phenoxy) is 1. The molecule has 0 aromatic heterocycles. The summed E-state index contributed by atoms with van der Waals surface area (Å²) in [5.74, 6) is -0.874. The van der Waals surface area contributed by atoms with E-state index in [2.05, 4.69) is 0 Å². The van der Waals surface area contributed by atoms with Gasteiger partial charge in [-0.25, -0.2) is 0 Å². The van der Waals surface area contributed by atoms with Gasteiger partial charge in [0.05, 0.1) is 0 Å². The minimum absolute atomic E-state index is 0.173. The number of hydrogen-bond donors (Lipinski definition) is 0. The summed E-state index contributed by atoms with van der Waals surface area (Å²) in [6, 6.07) is 14.1. The van der Waals surface area contributed by atoms with Crippen molar-refractivity contribution >= 4 is 36.3 Å². The Balaban J connectivity index is 1.82. The summed E-state index contributed by atoms with van der Waals surface area (Å²) in [7, 11) is -5.68. The Bertz CT molecular complexity index is 1200.